The van der Waals surface area contributed by atoms with Crippen LogP contribution in [-0.4, -0.2) is 17.7 Å². The van der Waals surface area contributed by atoms with Crippen LogP contribution in [0.1, 0.15) is 34.8 Å². The van der Waals surface area contributed by atoms with Gasteiger partial charge < -0.3 is 4.90 Å². The summed E-state index contributed by atoms with van der Waals surface area (Å²) in [6, 6.07) is 11.6. The molecule has 2 aromatic rings. The highest BCUT2D eigenvalue weighted by Gasteiger charge is 2.33. The molecule has 1 heterocycles. The second-order valence-electron chi connectivity index (χ2n) is 6.04. The lowest BCUT2D eigenvalue weighted by Gasteiger charge is -2.23. The fraction of sp³-hybridized carbons (Fsp3) is 0.263. The van der Waals surface area contributed by atoms with E-state index in [4.69, 9.17) is 5.26 Å². The van der Waals surface area contributed by atoms with Gasteiger partial charge in [0, 0.05) is 22.3 Å². The van der Waals surface area contributed by atoms with Crippen LogP contribution in [0.5, 0.6) is 0 Å². The van der Waals surface area contributed by atoms with Gasteiger partial charge in [-0.1, -0.05) is 6.92 Å². The zero-order chi connectivity index (χ0) is 18.9. The molecule has 0 unspecified atom stereocenters. The molecule has 3 nitrogen and oxygen atoms in total. The molecule has 3 rings (SSSR count). The Balaban J connectivity index is 2.04. The molecule has 1 atom stereocenters. The number of nitriles is 1. The van der Waals surface area contributed by atoms with Crippen LogP contribution in [0.3, 0.4) is 0 Å². The van der Waals surface area contributed by atoms with E-state index in [0.717, 1.165) is 12.1 Å². The molecule has 0 aliphatic carbocycles. The molecule has 1 amide bonds. The van der Waals surface area contributed by atoms with Gasteiger partial charge in [-0.15, -0.1) is 11.8 Å². The van der Waals surface area contributed by atoms with Gasteiger partial charge in [0.2, 0.25) is 0 Å². The summed E-state index contributed by atoms with van der Waals surface area (Å²) in [6.45, 7) is 2.32. The van der Waals surface area contributed by atoms with E-state index in [1.807, 2.05) is 13.0 Å². The lowest BCUT2D eigenvalue weighted by Crippen LogP contribution is -2.32. The number of benzene rings is 2. The Morgan fingerprint density at radius 1 is 1.23 bits per heavy atom. The molecule has 0 saturated carbocycles. The Kier molecular flexibility index (Phi) is 4.97. The molecule has 0 spiro atoms. The van der Waals surface area contributed by atoms with Gasteiger partial charge in [0.05, 0.1) is 22.9 Å². The molecule has 1 aliphatic heterocycles. The van der Waals surface area contributed by atoms with Gasteiger partial charge in [0.25, 0.3) is 5.91 Å². The predicted octanol–water partition coefficient (Wildman–Crippen LogP) is 5.11. The molecule has 0 N–H and O–H groups in total. The Hall–Kier alpha value is -2.46. The SMILES string of the molecule is C[C@H]1CCN(C(=O)c2ccc(C#N)cc2)c2cc(C(F)(F)F)ccc2S1. The van der Waals surface area contributed by atoms with Gasteiger partial charge in [-0.2, -0.15) is 18.4 Å². The topological polar surface area (TPSA) is 44.1 Å². The van der Waals surface area contributed by atoms with E-state index in [1.54, 1.807) is 0 Å². The first-order chi connectivity index (χ1) is 12.3. The van der Waals surface area contributed by atoms with E-state index in [9.17, 15) is 18.0 Å². The molecule has 0 aromatic heterocycles. The Morgan fingerprint density at radius 3 is 2.54 bits per heavy atom. The van der Waals surface area contributed by atoms with Crippen molar-refractivity contribution in [2.24, 2.45) is 0 Å². The molecule has 0 saturated heterocycles. The van der Waals surface area contributed by atoms with Crippen LogP contribution in [0.15, 0.2) is 47.4 Å². The van der Waals surface area contributed by atoms with Crippen molar-refractivity contribution in [3.63, 3.8) is 0 Å². The summed E-state index contributed by atoms with van der Waals surface area (Å²) in [5.41, 5.74) is 0.265. The molecule has 1 aliphatic rings. The summed E-state index contributed by atoms with van der Waals surface area (Å²) in [5.74, 6) is -0.371. The molecule has 0 radical (unpaired) electrons. The van der Waals surface area contributed by atoms with Crippen molar-refractivity contribution in [3.8, 4) is 6.07 Å². The Bertz CT molecular complexity index is 872. The molecule has 26 heavy (non-hydrogen) atoms. The van der Waals surface area contributed by atoms with Crippen molar-refractivity contribution < 1.29 is 18.0 Å². The average Bonchev–Trinajstić information content (AvgIpc) is 2.78. The van der Waals surface area contributed by atoms with Gasteiger partial charge in [-0.05, 0) is 48.9 Å². The zero-order valence-electron chi connectivity index (χ0n) is 13.9. The first-order valence-corrected chi connectivity index (χ1v) is 8.87. The van der Waals surface area contributed by atoms with Gasteiger partial charge in [0.15, 0.2) is 0 Å². The fourth-order valence-corrected chi connectivity index (χ4v) is 3.86. The number of hydrogen-bond donors (Lipinski definition) is 0. The average molecular weight is 376 g/mol. The summed E-state index contributed by atoms with van der Waals surface area (Å²) in [7, 11) is 0. The van der Waals surface area contributed by atoms with Gasteiger partial charge in [-0.25, -0.2) is 0 Å². The second kappa shape index (κ2) is 7.04. The third kappa shape index (κ3) is 3.70. The van der Waals surface area contributed by atoms with Crippen LogP contribution in [0.2, 0.25) is 0 Å². The fourth-order valence-electron chi connectivity index (χ4n) is 2.77. The van der Waals surface area contributed by atoms with Crippen molar-refractivity contribution in [1.29, 1.82) is 5.26 Å². The maximum atomic E-state index is 13.1. The van der Waals surface area contributed by atoms with Crippen LogP contribution < -0.4 is 4.90 Å². The van der Waals surface area contributed by atoms with Gasteiger partial charge in [-0.3, -0.25) is 4.79 Å². The van der Waals surface area contributed by atoms with E-state index < -0.39 is 11.7 Å². The normalized spacial score (nSPS) is 17.2. The van der Waals surface area contributed by atoms with E-state index in [-0.39, 0.29) is 16.8 Å². The molecule has 0 fully saturated rings. The van der Waals surface area contributed by atoms with Crippen LogP contribution in [0.4, 0.5) is 18.9 Å². The zero-order valence-corrected chi connectivity index (χ0v) is 14.7. The summed E-state index contributed by atoms with van der Waals surface area (Å²) in [6.07, 6.45) is -3.80. The van der Waals surface area contributed by atoms with Crippen molar-refractivity contribution in [1.82, 2.24) is 0 Å². The highest BCUT2D eigenvalue weighted by molar-refractivity contribution is 8.00. The van der Waals surface area contributed by atoms with Gasteiger partial charge >= 0.3 is 6.18 Å². The molecule has 134 valence electrons. The van der Waals surface area contributed by atoms with Crippen LogP contribution in [0, 0.1) is 11.3 Å². The Labute approximate surface area is 153 Å². The number of alkyl halides is 3. The minimum absolute atomic E-state index is 0.184. The van der Waals surface area contributed by atoms with E-state index in [1.165, 1.54) is 47.0 Å². The monoisotopic (exact) mass is 376 g/mol. The highest BCUT2D eigenvalue weighted by Crippen LogP contribution is 2.41. The predicted molar refractivity (Wildman–Crippen MR) is 94.2 cm³/mol. The first kappa shape index (κ1) is 18.3. The van der Waals surface area contributed by atoms with Crippen LogP contribution in [-0.2, 0) is 6.18 Å². The number of amides is 1. The minimum Gasteiger partial charge on any atom is -0.307 e. The first-order valence-electron chi connectivity index (χ1n) is 7.99. The van der Waals surface area contributed by atoms with Crippen molar-refractivity contribution in [2.75, 3.05) is 11.4 Å². The smallest absolute Gasteiger partial charge is 0.307 e. The minimum atomic E-state index is -4.47. The van der Waals surface area contributed by atoms with Crippen LogP contribution >= 0.6 is 11.8 Å². The quantitative estimate of drug-likeness (QED) is 0.695. The van der Waals surface area contributed by atoms with Gasteiger partial charge in [0.1, 0.15) is 0 Å². The Morgan fingerprint density at radius 2 is 1.92 bits per heavy atom. The number of carbonyl (C=O) groups is 1. The lowest BCUT2D eigenvalue weighted by molar-refractivity contribution is -0.137. The van der Waals surface area contributed by atoms with Crippen LogP contribution in [0.25, 0.3) is 0 Å². The molecule has 7 heteroatoms. The molecular formula is C19H15F3N2OS. The molecule has 0 bridgehead atoms. The summed E-state index contributed by atoms with van der Waals surface area (Å²) >= 11 is 1.47. The lowest BCUT2D eigenvalue weighted by atomic mass is 10.1. The van der Waals surface area contributed by atoms with Crippen molar-refractivity contribution >= 4 is 23.4 Å². The number of carbonyl (C=O) groups excluding carboxylic acids is 1. The number of nitrogens with zero attached hydrogens (tertiary/aromatic N) is 2. The number of fused-ring (bicyclic) bond motifs is 1. The number of thioether (sulfide) groups is 1. The third-order valence-electron chi connectivity index (χ3n) is 4.17. The highest BCUT2D eigenvalue weighted by atomic mass is 32.2. The maximum Gasteiger partial charge on any atom is 0.416 e. The van der Waals surface area contributed by atoms with Crippen molar-refractivity contribution in [3.05, 3.63) is 59.2 Å². The second-order valence-corrected chi connectivity index (χ2v) is 7.52. The number of rotatable bonds is 1. The number of anilines is 1. The van der Waals surface area contributed by atoms with Crippen molar-refractivity contribution in [2.45, 2.75) is 29.7 Å². The van der Waals surface area contributed by atoms with E-state index >= 15 is 0 Å². The summed E-state index contributed by atoms with van der Waals surface area (Å²) in [5, 5.41) is 9.05. The molecule has 2 aromatic carbocycles. The summed E-state index contributed by atoms with van der Waals surface area (Å²) < 4.78 is 39.4. The molecular weight excluding hydrogens is 361 g/mol. The number of hydrogen-bond acceptors (Lipinski definition) is 3. The maximum absolute atomic E-state index is 13.1. The van der Waals surface area contributed by atoms with E-state index in [2.05, 4.69) is 0 Å². The largest absolute Gasteiger partial charge is 0.416 e. The van der Waals surface area contributed by atoms with E-state index in [0.29, 0.717) is 29.0 Å². The third-order valence-corrected chi connectivity index (χ3v) is 5.41. The number of halogens is 3. The summed E-state index contributed by atoms with van der Waals surface area (Å²) in [4.78, 5) is 15.0. The standard InChI is InChI=1S/C19H15F3N2OS/c1-12-8-9-24(18(25)14-4-2-13(11-23)3-5-14)16-10-15(19(20,21)22)6-7-17(16)26-12/h2-7,10,12H,8-9H2,1H3/t12-/m0/s1.